The van der Waals surface area contributed by atoms with Gasteiger partial charge in [-0.3, -0.25) is 14.7 Å². The molecule has 0 saturated carbocycles. The van der Waals surface area contributed by atoms with Gasteiger partial charge in [-0.2, -0.15) is 0 Å². The smallest absolute Gasteiger partial charge is 0.263 e. The average Bonchev–Trinajstić information content (AvgIpc) is 3.02. The lowest BCUT2D eigenvalue weighted by Crippen LogP contribution is -2.56. The lowest BCUT2D eigenvalue weighted by Gasteiger charge is -2.43. The van der Waals surface area contributed by atoms with Crippen molar-refractivity contribution < 1.29 is 13.9 Å². The van der Waals surface area contributed by atoms with Crippen LogP contribution in [0.1, 0.15) is 10.4 Å². The summed E-state index contributed by atoms with van der Waals surface area (Å²) in [6.45, 7) is 4.80. The van der Waals surface area contributed by atoms with Crippen LogP contribution in [-0.2, 0) is 4.74 Å². The number of ether oxygens (including phenoxy) is 1. The van der Waals surface area contributed by atoms with Crippen LogP contribution in [0.4, 0.5) is 21.6 Å². The van der Waals surface area contributed by atoms with Gasteiger partial charge in [0.1, 0.15) is 5.56 Å². The van der Waals surface area contributed by atoms with Crippen LogP contribution in [0.15, 0.2) is 24.8 Å². The lowest BCUT2D eigenvalue weighted by atomic mass is 10.1. The van der Waals surface area contributed by atoms with E-state index in [9.17, 15) is 9.18 Å². The Hall–Kier alpha value is -3.02. The van der Waals surface area contributed by atoms with Crippen molar-refractivity contribution in [2.45, 2.75) is 6.04 Å². The quantitative estimate of drug-likeness (QED) is 0.616. The molecule has 2 aliphatic heterocycles. The number of carbonyl (C=O) groups excluding carboxylic acids is 1. The van der Waals surface area contributed by atoms with E-state index in [1.165, 1.54) is 0 Å². The number of nitrogens with one attached hydrogen (secondary N) is 1. The molecule has 12 heteroatoms. The molecule has 0 aromatic carbocycles. The highest BCUT2D eigenvalue weighted by atomic mass is 35.5. The number of hydrogen-bond acceptors (Lipinski definition) is 8. The van der Waals surface area contributed by atoms with Gasteiger partial charge in [-0.05, 0) is 0 Å². The zero-order valence-electron chi connectivity index (χ0n) is 16.5. The monoisotopic (exact) mass is 446 g/mol. The molecule has 2 saturated heterocycles. The van der Waals surface area contributed by atoms with E-state index in [-0.39, 0.29) is 17.0 Å². The van der Waals surface area contributed by atoms with Gasteiger partial charge in [0.05, 0.1) is 54.2 Å². The second kappa shape index (κ2) is 7.91. The number of nitrogen functional groups attached to an aromatic ring is 1. The van der Waals surface area contributed by atoms with E-state index in [1.54, 1.807) is 12.4 Å². The Morgan fingerprint density at radius 2 is 2.00 bits per heavy atom. The van der Waals surface area contributed by atoms with E-state index in [0.717, 1.165) is 56.3 Å². The minimum atomic E-state index is -0.587. The van der Waals surface area contributed by atoms with E-state index in [2.05, 4.69) is 30.2 Å². The Morgan fingerprint density at radius 1 is 1.23 bits per heavy atom. The molecule has 0 aliphatic carbocycles. The topological polar surface area (TPSA) is 114 Å². The number of carbonyl (C=O) groups is 1. The molecule has 0 spiro atoms. The van der Waals surface area contributed by atoms with Crippen LogP contribution in [-0.4, -0.2) is 75.8 Å². The zero-order chi connectivity index (χ0) is 21.5. The van der Waals surface area contributed by atoms with Gasteiger partial charge in [0, 0.05) is 32.4 Å². The summed E-state index contributed by atoms with van der Waals surface area (Å²) in [6.07, 6.45) is 5.20. The Bertz CT molecular complexity index is 1140. The second-order valence-electron chi connectivity index (χ2n) is 7.49. The third-order valence-electron chi connectivity index (χ3n) is 5.58. The number of nitrogens with zero attached hydrogens (tertiary/aromatic N) is 6. The fourth-order valence-electron chi connectivity index (χ4n) is 3.92. The van der Waals surface area contributed by atoms with Crippen LogP contribution in [0.2, 0.25) is 5.02 Å². The molecule has 2 aliphatic rings. The van der Waals surface area contributed by atoms with Crippen LogP contribution >= 0.6 is 11.6 Å². The van der Waals surface area contributed by atoms with Crippen LogP contribution in [0, 0.1) is 5.82 Å². The average molecular weight is 447 g/mol. The van der Waals surface area contributed by atoms with Crippen molar-refractivity contribution in [3.8, 4) is 0 Å². The summed E-state index contributed by atoms with van der Waals surface area (Å²) in [5.41, 5.74) is 7.28. The maximum absolute atomic E-state index is 13.4. The van der Waals surface area contributed by atoms with E-state index in [0.29, 0.717) is 22.4 Å². The van der Waals surface area contributed by atoms with Gasteiger partial charge >= 0.3 is 0 Å². The summed E-state index contributed by atoms with van der Waals surface area (Å²) in [6, 6.07) is 0.477. The molecule has 3 N–H and O–H groups in total. The highest BCUT2D eigenvalue weighted by Gasteiger charge is 2.30. The molecule has 0 radical (unpaired) electrons. The minimum absolute atomic E-state index is 0.0523. The summed E-state index contributed by atoms with van der Waals surface area (Å²) in [7, 11) is 0. The van der Waals surface area contributed by atoms with Crippen molar-refractivity contribution in [1.29, 1.82) is 0 Å². The molecule has 0 unspecified atom stereocenters. The number of rotatable bonds is 4. The highest BCUT2D eigenvalue weighted by Crippen LogP contribution is 2.34. The van der Waals surface area contributed by atoms with Gasteiger partial charge in [-0.15, -0.1) is 5.10 Å². The fraction of sp³-hybridized carbons (Fsp3) is 0.368. The SMILES string of the molecule is Nc1nn2cc(F)cnc2c1C(=O)Nc1cncc(Cl)c1N1CCN(C2COC2)CC1. The molecule has 162 valence electrons. The molecule has 5 rings (SSSR count). The van der Waals surface area contributed by atoms with Crippen LogP contribution in [0.25, 0.3) is 5.65 Å². The number of pyridine rings is 1. The van der Waals surface area contributed by atoms with Gasteiger partial charge < -0.3 is 20.7 Å². The predicted molar refractivity (Wildman–Crippen MR) is 113 cm³/mol. The zero-order valence-corrected chi connectivity index (χ0v) is 17.2. The molecule has 2 fully saturated rings. The van der Waals surface area contributed by atoms with E-state index in [4.69, 9.17) is 22.1 Å². The standard InChI is InChI=1S/C19H20ClFN8O2/c20-13-6-23-7-14(16(13)28-3-1-27(2-4-28)12-9-31-10-12)25-19(30)15-17(22)26-29-8-11(21)5-24-18(15)29/h5-8,12H,1-4,9-10H2,(H2,22,26)(H,25,30). The fourth-order valence-corrected chi connectivity index (χ4v) is 4.20. The van der Waals surface area contributed by atoms with Crippen molar-refractivity contribution in [2.24, 2.45) is 0 Å². The number of hydrogen-bond donors (Lipinski definition) is 2. The molecule has 5 heterocycles. The van der Waals surface area contributed by atoms with E-state index >= 15 is 0 Å². The lowest BCUT2D eigenvalue weighted by molar-refractivity contribution is -0.0660. The van der Waals surface area contributed by atoms with Crippen molar-refractivity contribution >= 4 is 40.3 Å². The Kier molecular flexibility index (Phi) is 5.08. The molecule has 10 nitrogen and oxygen atoms in total. The van der Waals surface area contributed by atoms with Gasteiger partial charge in [0.15, 0.2) is 17.3 Å². The molecule has 0 bridgehead atoms. The normalized spacial score (nSPS) is 17.7. The number of amides is 1. The maximum Gasteiger partial charge on any atom is 0.263 e. The minimum Gasteiger partial charge on any atom is -0.381 e. The predicted octanol–water partition coefficient (Wildman–Crippen LogP) is 1.27. The van der Waals surface area contributed by atoms with Crippen molar-refractivity contribution in [3.05, 3.63) is 41.2 Å². The molecular formula is C19H20ClFN8O2. The molecule has 1 amide bonds. The summed E-state index contributed by atoms with van der Waals surface area (Å²) >= 11 is 6.47. The van der Waals surface area contributed by atoms with E-state index in [1.807, 2.05) is 0 Å². The van der Waals surface area contributed by atoms with Crippen LogP contribution in [0.3, 0.4) is 0 Å². The largest absolute Gasteiger partial charge is 0.381 e. The highest BCUT2D eigenvalue weighted by molar-refractivity contribution is 6.34. The van der Waals surface area contributed by atoms with Crippen LogP contribution in [0.5, 0.6) is 0 Å². The first-order valence-corrected chi connectivity index (χ1v) is 10.2. The Labute approximate surface area is 181 Å². The van der Waals surface area contributed by atoms with Crippen molar-refractivity contribution in [1.82, 2.24) is 24.5 Å². The summed E-state index contributed by atoms with van der Waals surface area (Å²) in [5.74, 6) is -1.17. The summed E-state index contributed by atoms with van der Waals surface area (Å²) in [4.78, 5) is 25.6. The Balaban J connectivity index is 1.40. The molecule has 3 aromatic heterocycles. The van der Waals surface area contributed by atoms with Crippen LogP contribution < -0.4 is 16.0 Å². The summed E-state index contributed by atoms with van der Waals surface area (Å²) < 4.78 is 19.9. The van der Waals surface area contributed by atoms with Crippen molar-refractivity contribution in [2.75, 3.05) is 55.3 Å². The number of fused-ring (bicyclic) bond motifs is 1. The number of anilines is 3. The number of piperazine rings is 1. The molecule has 31 heavy (non-hydrogen) atoms. The third kappa shape index (κ3) is 3.64. The van der Waals surface area contributed by atoms with Gasteiger partial charge in [-0.25, -0.2) is 13.9 Å². The first-order chi connectivity index (χ1) is 15.0. The summed E-state index contributed by atoms with van der Waals surface area (Å²) in [5, 5.41) is 7.23. The van der Waals surface area contributed by atoms with Gasteiger partial charge in [-0.1, -0.05) is 11.6 Å². The number of aromatic nitrogens is 4. The van der Waals surface area contributed by atoms with Gasteiger partial charge in [0.2, 0.25) is 0 Å². The molecular weight excluding hydrogens is 427 g/mol. The first-order valence-electron chi connectivity index (χ1n) is 9.82. The molecule has 3 aromatic rings. The van der Waals surface area contributed by atoms with E-state index < -0.39 is 11.7 Å². The van der Waals surface area contributed by atoms with Crippen molar-refractivity contribution in [3.63, 3.8) is 0 Å². The first kappa shape index (κ1) is 19.9. The maximum atomic E-state index is 13.4. The third-order valence-corrected chi connectivity index (χ3v) is 5.86. The Morgan fingerprint density at radius 3 is 2.71 bits per heavy atom. The number of halogens is 2. The van der Waals surface area contributed by atoms with Gasteiger partial charge in [0.25, 0.3) is 5.91 Å². The number of nitrogens with two attached hydrogens (primary N) is 1. The second-order valence-corrected chi connectivity index (χ2v) is 7.89. The molecule has 0 atom stereocenters.